The van der Waals surface area contributed by atoms with Crippen LogP contribution in [0.15, 0.2) is 18.3 Å². The van der Waals surface area contributed by atoms with Gasteiger partial charge < -0.3 is 23.5 Å². The summed E-state index contributed by atoms with van der Waals surface area (Å²) in [5.74, 6) is 0.668. The lowest BCUT2D eigenvalue weighted by molar-refractivity contribution is -0.145. The molecule has 0 saturated heterocycles. The van der Waals surface area contributed by atoms with Crippen molar-refractivity contribution in [3.8, 4) is 11.5 Å². The summed E-state index contributed by atoms with van der Waals surface area (Å²) in [5, 5.41) is 0.635. The molecule has 2 aromatic rings. The number of methoxy groups -OCH3 is 2. The molecule has 0 bridgehead atoms. The van der Waals surface area contributed by atoms with Crippen molar-refractivity contribution in [1.29, 1.82) is 0 Å². The molecule has 0 aliphatic carbocycles. The minimum absolute atomic E-state index is 0.0210. The molecule has 0 atom stereocenters. The molecule has 0 saturated carbocycles. The summed E-state index contributed by atoms with van der Waals surface area (Å²) < 4.78 is 22.5. The third kappa shape index (κ3) is 3.86. The molecule has 0 N–H and O–H groups in total. The molecule has 1 aromatic carbocycles. The van der Waals surface area contributed by atoms with E-state index in [9.17, 15) is 9.59 Å². The quantitative estimate of drug-likeness (QED) is 0.397. The molecule has 130 valence electrons. The summed E-state index contributed by atoms with van der Waals surface area (Å²) in [6.07, 6.45) is 2.33. The third-order valence-corrected chi connectivity index (χ3v) is 3.52. The number of carbonyl (C=O) groups excluding carboxylic acids is 2. The maximum Gasteiger partial charge on any atom is 0.326 e. The van der Waals surface area contributed by atoms with Gasteiger partial charge in [-0.2, -0.15) is 0 Å². The van der Waals surface area contributed by atoms with Crippen LogP contribution in [-0.2, 0) is 20.8 Å². The van der Waals surface area contributed by atoms with Crippen LogP contribution in [0.3, 0.4) is 0 Å². The van der Waals surface area contributed by atoms with Crippen LogP contribution >= 0.6 is 0 Å². The number of aldehydes is 1. The fourth-order valence-electron chi connectivity index (χ4n) is 2.44. The van der Waals surface area contributed by atoms with Crippen molar-refractivity contribution in [2.75, 3.05) is 34.0 Å². The van der Waals surface area contributed by atoms with Crippen molar-refractivity contribution >= 4 is 23.2 Å². The molecule has 24 heavy (non-hydrogen) atoms. The number of ether oxygens (including phenoxy) is 4. The predicted molar refractivity (Wildman–Crippen MR) is 87.9 cm³/mol. The Kier molecular flexibility index (Phi) is 6.20. The standard InChI is InChI=1S/C17H21NO6/c1-4-23-5-6-24-16(20)10-18-9-12(11-19)17-14(18)7-13(21-2)8-15(17)22-3/h7-9,11H,4-6,10H2,1-3H3. The highest BCUT2D eigenvalue weighted by Gasteiger charge is 2.17. The molecule has 0 radical (unpaired) electrons. The van der Waals surface area contributed by atoms with Gasteiger partial charge >= 0.3 is 5.97 Å². The van der Waals surface area contributed by atoms with Crippen LogP contribution < -0.4 is 9.47 Å². The Balaban J connectivity index is 2.29. The van der Waals surface area contributed by atoms with Crippen molar-refractivity contribution < 1.29 is 28.5 Å². The first-order valence-corrected chi connectivity index (χ1v) is 7.58. The Morgan fingerprint density at radius 1 is 1.21 bits per heavy atom. The topological polar surface area (TPSA) is 76.0 Å². The van der Waals surface area contributed by atoms with Gasteiger partial charge in [0.25, 0.3) is 0 Å². The molecule has 7 nitrogen and oxygen atoms in total. The van der Waals surface area contributed by atoms with Gasteiger partial charge in [0.1, 0.15) is 24.7 Å². The van der Waals surface area contributed by atoms with Gasteiger partial charge in [-0.05, 0) is 6.92 Å². The average molecular weight is 335 g/mol. The number of hydrogen-bond acceptors (Lipinski definition) is 6. The number of esters is 1. The lowest BCUT2D eigenvalue weighted by Crippen LogP contribution is -2.16. The maximum absolute atomic E-state index is 12.0. The zero-order valence-electron chi connectivity index (χ0n) is 14.0. The minimum atomic E-state index is -0.411. The second-order valence-electron chi connectivity index (χ2n) is 4.97. The van der Waals surface area contributed by atoms with Gasteiger partial charge in [0.2, 0.25) is 0 Å². The Labute approximate surface area is 140 Å². The first-order valence-electron chi connectivity index (χ1n) is 7.58. The van der Waals surface area contributed by atoms with Crippen LogP contribution in [0.25, 0.3) is 10.9 Å². The zero-order chi connectivity index (χ0) is 17.5. The molecular weight excluding hydrogens is 314 g/mol. The van der Waals surface area contributed by atoms with Gasteiger partial charge in [0.05, 0.1) is 31.7 Å². The van der Waals surface area contributed by atoms with Crippen LogP contribution in [0.1, 0.15) is 17.3 Å². The molecule has 0 unspecified atom stereocenters. The first-order chi connectivity index (χ1) is 11.6. The summed E-state index contributed by atoms with van der Waals surface area (Å²) in [4.78, 5) is 23.3. The van der Waals surface area contributed by atoms with E-state index in [2.05, 4.69) is 0 Å². The predicted octanol–water partition coefficient (Wildman–Crippen LogP) is 2.05. The number of fused-ring (bicyclic) bond motifs is 1. The number of nitrogens with zero attached hydrogens (tertiary/aromatic N) is 1. The monoisotopic (exact) mass is 335 g/mol. The Bertz CT molecular complexity index is 721. The second kappa shape index (κ2) is 8.35. The van der Waals surface area contributed by atoms with Gasteiger partial charge in [0, 0.05) is 30.5 Å². The van der Waals surface area contributed by atoms with E-state index in [1.807, 2.05) is 6.92 Å². The molecule has 0 aliphatic heterocycles. The fourth-order valence-corrected chi connectivity index (χ4v) is 2.44. The molecule has 1 aromatic heterocycles. The van der Waals surface area contributed by atoms with Gasteiger partial charge in [0.15, 0.2) is 6.29 Å². The summed E-state index contributed by atoms with van der Waals surface area (Å²) >= 11 is 0. The molecule has 0 fully saturated rings. The van der Waals surface area contributed by atoms with Crippen LogP contribution in [0.4, 0.5) is 0 Å². The highest BCUT2D eigenvalue weighted by Crippen LogP contribution is 2.34. The van der Waals surface area contributed by atoms with Gasteiger partial charge in [-0.15, -0.1) is 0 Å². The van der Waals surface area contributed by atoms with Crippen LogP contribution in [-0.4, -0.2) is 50.9 Å². The number of hydrogen-bond donors (Lipinski definition) is 0. The van der Waals surface area contributed by atoms with E-state index in [0.717, 1.165) is 6.29 Å². The van der Waals surface area contributed by atoms with E-state index in [4.69, 9.17) is 18.9 Å². The third-order valence-electron chi connectivity index (χ3n) is 3.52. The van der Waals surface area contributed by atoms with Crippen molar-refractivity contribution in [3.63, 3.8) is 0 Å². The van der Waals surface area contributed by atoms with E-state index in [1.54, 1.807) is 22.9 Å². The smallest absolute Gasteiger partial charge is 0.326 e. The lowest BCUT2D eigenvalue weighted by atomic mass is 10.1. The highest BCUT2D eigenvalue weighted by atomic mass is 16.6. The highest BCUT2D eigenvalue weighted by molar-refractivity contribution is 6.02. The number of aromatic nitrogens is 1. The normalized spacial score (nSPS) is 10.6. The van der Waals surface area contributed by atoms with Crippen molar-refractivity contribution in [1.82, 2.24) is 4.57 Å². The van der Waals surface area contributed by atoms with Crippen molar-refractivity contribution in [2.45, 2.75) is 13.5 Å². The summed E-state index contributed by atoms with van der Waals surface area (Å²) in [5.41, 5.74) is 1.10. The Morgan fingerprint density at radius 2 is 2.00 bits per heavy atom. The lowest BCUT2D eigenvalue weighted by Gasteiger charge is -2.09. The van der Waals surface area contributed by atoms with Gasteiger partial charge in [-0.25, -0.2) is 0 Å². The molecule has 0 spiro atoms. The second-order valence-corrected chi connectivity index (χ2v) is 4.97. The van der Waals surface area contributed by atoms with E-state index < -0.39 is 5.97 Å². The fraction of sp³-hybridized carbons (Fsp3) is 0.412. The molecule has 2 rings (SSSR count). The molecule has 0 amide bonds. The Morgan fingerprint density at radius 3 is 2.62 bits per heavy atom. The number of rotatable bonds is 9. The van der Waals surface area contributed by atoms with Gasteiger partial charge in [-0.1, -0.05) is 0 Å². The Hall–Kier alpha value is -2.54. The zero-order valence-corrected chi connectivity index (χ0v) is 14.0. The number of carbonyl (C=O) groups is 2. The molecule has 0 aliphatic rings. The summed E-state index contributed by atoms with van der Waals surface area (Å²) in [7, 11) is 3.05. The van der Waals surface area contributed by atoms with Gasteiger partial charge in [-0.3, -0.25) is 9.59 Å². The average Bonchev–Trinajstić information content (AvgIpc) is 2.95. The van der Waals surface area contributed by atoms with Crippen LogP contribution in [0.5, 0.6) is 11.5 Å². The van der Waals surface area contributed by atoms with Crippen LogP contribution in [0.2, 0.25) is 0 Å². The van der Waals surface area contributed by atoms with E-state index in [-0.39, 0.29) is 13.2 Å². The largest absolute Gasteiger partial charge is 0.497 e. The first kappa shape index (κ1) is 17.8. The SMILES string of the molecule is CCOCCOC(=O)Cn1cc(C=O)c2c(OC)cc(OC)cc21. The minimum Gasteiger partial charge on any atom is -0.497 e. The number of benzene rings is 1. The van der Waals surface area contributed by atoms with Crippen molar-refractivity contribution in [3.05, 3.63) is 23.9 Å². The molecule has 1 heterocycles. The van der Waals surface area contributed by atoms with Crippen LogP contribution in [0, 0.1) is 0 Å². The van der Waals surface area contributed by atoms with Crippen molar-refractivity contribution in [2.24, 2.45) is 0 Å². The maximum atomic E-state index is 12.0. The van der Waals surface area contributed by atoms with E-state index >= 15 is 0 Å². The molecular formula is C17H21NO6. The van der Waals surface area contributed by atoms with E-state index in [0.29, 0.717) is 41.2 Å². The molecule has 7 heteroatoms. The summed E-state index contributed by atoms with van der Waals surface area (Å²) in [6, 6.07) is 3.44. The summed E-state index contributed by atoms with van der Waals surface area (Å²) in [6.45, 7) is 2.97. The van der Waals surface area contributed by atoms with E-state index in [1.165, 1.54) is 14.2 Å².